The van der Waals surface area contributed by atoms with Gasteiger partial charge in [-0.3, -0.25) is 10.1 Å². The number of nitrogens with one attached hydrogen (secondary N) is 2. The summed E-state index contributed by atoms with van der Waals surface area (Å²) in [6.45, 7) is 8.56. The number of imidazole rings is 1. The average Bonchev–Trinajstić information content (AvgIpc) is 3.58. The van der Waals surface area contributed by atoms with Gasteiger partial charge in [0.2, 0.25) is 5.95 Å². The number of H-pyrrole nitrogens is 1. The van der Waals surface area contributed by atoms with E-state index in [2.05, 4.69) is 68.3 Å². The highest BCUT2D eigenvalue weighted by Gasteiger charge is 2.33. The number of nitrogens with zero attached hydrogens (tertiary/aromatic N) is 6. The molecule has 5 rings (SSSR count). The van der Waals surface area contributed by atoms with Crippen molar-refractivity contribution < 1.29 is 9.90 Å². The third-order valence-electron chi connectivity index (χ3n) is 7.93. The van der Waals surface area contributed by atoms with Gasteiger partial charge in [-0.25, -0.2) is 4.98 Å². The van der Waals surface area contributed by atoms with E-state index >= 15 is 0 Å². The number of aliphatic hydroxyl groups is 1. The molecule has 1 aliphatic carbocycles. The maximum Gasteiger partial charge on any atom is 0.270 e. The van der Waals surface area contributed by atoms with Crippen LogP contribution in [0.4, 0.5) is 11.9 Å². The smallest absolute Gasteiger partial charge is 0.270 e. The summed E-state index contributed by atoms with van der Waals surface area (Å²) in [4.78, 5) is 20.2. The van der Waals surface area contributed by atoms with Crippen molar-refractivity contribution in [2.75, 3.05) is 16.8 Å². The van der Waals surface area contributed by atoms with Crippen LogP contribution in [0.25, 0.3) is 11.0 Å². The summed E-state index contributed by atoms with van der Waals surface area (Å²) in [5.41, 5.74) is 3.98. The Balaban J connectivity index is 1.43. The molecule has 10 nitrogen and oxygen atoms in total. The predicted octanol–water partition coefficient (Wildman–Crippen LogP) is 4.80. The van der Waals surface area contributed by atoms with Gasteiger partial charge < -0.3 is 14.6 Å². The number of benzene rings is 2. The van der Waals surface area contributed by atoms with Gasteiger partial charge in [-0.2, -0.15) is 5.21 Å². The highest BCUT2D eigenvalue weighted by Crippen LogP contribution is 2.40. The van der Waals surface area contributed by atoms with Crippen molar-refractivity contribution in [1.29, 1.82) is 0 Å². The summed E-state index contributed by atoms with van der Waals surface area (Å²) in [5.74, 6) is 1.51. The minimum atomic E-state index is -0.286. The molecule has 1 aliphatic rings. The third kappa shape index (κ3) is 6.11. The molecule has 1 amide bonds. The second kappa shape index (κ2) is 11.5. The first-order chi connectivity index (χ1) is 18.8. The topological polar surface area (TPSA) is 125 Å². The lowest BCUT2D eigenvalue weighted by Gasteiger charge is -2.41. The molecule has 1 fully saturated rings. The Morgan fingerprint density at radius 3 is 2.51 bits per heavy atom. The van der Waals surface area contributed by atoms with Crippen molar-refractivity contribution in [2.45, 2.75) is 72.0 Å². The summed E-state index contributed by atoms with van der Waals surface area (Å²) in [5, 5.41) is 25.6. The van der Waals surface area contributed by atoms with E-state index in [1.165, 1.54) is 12.8 Å². The average molecular weight is 531 g/mol. The SMILES string of the molecule is CC(C)(C)C1CCC(N(Cc2ccc(C(=O)Nc3nn[nH]n3)cc2)c2nc3ccccc3n2CCCO)CC1. The van der Waals surface area contributed by atoms with Crippen LogP contribution >= 0.6 is 0 Å². The largest absolute Gasteiger partial charge is 0.396 e. The Morgan fingerprint density at radius 1 is 1.10 bits per heavy atom. The number of hydrogen-bond donors (Lipinski definition) is 3. The van der Waals surface area contributed by atoms with Gasteiger partial charge >= 0.3 is 0 Å². The first-order valence-corrected chi connectivity index (χ1v) is 13.8. The molecule has 0 saturated heterocycles. The number of aromatic nitrogens is 6. The highest BCUT2D eigenvalue weighted by molar-refractivity contribution is 6.03. The number of tetrazole rings is 1. The van der Waals surface area contributed by atoms with E-state index in [1.807, 2.05) is 36.4 Å². The van der Waals surface area contributed by atoms with Crippen molar-refractivity contribution >= 4 is 28.8 Å². The molecule has 0 unspecified atom stereocenters. The maximum atomic E-state index is 12.6. The van der Waals surface area contributed by atoms with Crippen LogP contribution in [0.2, 0.25) is 0 Å². The molecule has 2 aromatic carbocycles. The summed E-state index contributed by atoms with van der Waals surface area (Å²) in [7, 11) is 0. The number of hydrogen-bond acceptors (Lipinski definition) is 7. The zero-order valence-electron chi connectivity index (χ0n) is 23.0. The molecular formula is C29H38N8O2. The van der Waals surface area contributed by atoms with Gasteiger partial charge in [0.25, 0.3) is 11.9 Å². The maximum absolute atomic E-state index is 12.6. The van der Waals surface area contributed by atoms with Gasteiger partial charge in [0, 0.05) is 31.3 Å². The quantitative estimate of drug-likeness (QED) is 0.284. The number of carbonyl (C=O) groups excluding carboxylic acids is 1. The number of amides is 1. The molecule has 0 aliphatic heterocycles. The zero-order valence-corrected chi connectivity index (χ0v) is 23.0. The molecule has 0 radical (unpaired) electrons. The van der Waals surface area contributed by atoms with Crippen molar-refractivity contribution in [2.24, 2.45) is 11.3 Å². The number of aromatic amines is 1. The molecule has 1 saturated carbocycles. The fraction of sp³-hybridized carbons (Fsp3) is 0.483. The first-order valence-electron chi connectivity index (χ1n) is 13.8. The minimum Gasteiger partial charge on any atom is -0.396 e. The third-order valence-corrected chi connectivity index (χ3v) is 7.93. The van der Waals surface area contributed by atoms with Crippen molar-refractivity contribution in [1.82, 2.24) is 30.2 Å². The van der Waals surface area contributed by atoms with E-state index in [4.69, 9.17) is 4.98 Å². The molecule has 0 atom stereocenters. The van der Waals surface area contributed by atoms with Gasteiger partial charge in [-0.05, 0) is 78.5 Å². The van der Waals surface area contributed by atoms with E-state index in [1.54, 1.807) is 0 Å². The van der Waals surface area contributed by atoms with Crippen molar-refractivity contribution in [3.8, 4) is 0 Å². The second-order valence-corrected chi connectivity index (χ2v) is 11.5. The molecule has 206 valence electrons. The van der Waals surface area contributed by atoms with Crippen LogP contribution in [0.1, 0.15) is 68.8 Å². The van der Waals surface area contributed by atoms with E-state index in [9.17, 15) is 9.90 Å². The van der Waals surface area contributed by atoms with E-state index < -0.39 is 0 Å². The fourth-order valence-electron chi connectivity index (χ4n) is 5.69. The van der Waals surface area contributed by atoms with Crippen molar-refractivity contribution in [3.05, 3.63) is 59.7 Å². The second-order valence-electron chi connectivity index (χ2n) is 11.5. The molecule has 2 aromatic heterocycles. The molecular weight excluding hydrogens is 492 g/mol. The summed E-state index contributed by atoms with van der Waals surface area (Å²) in [6.07, 6.45) is 5.27. The lowest BCUT2D eigenvalue weighted by molar-refractivity contribution is 0.102. The number of aryl methyl sites for hydroxylation is 1. The number of rotatable bonds is 9. The van der Waals surface area contributed by atoms with Crippen LogP contribution in [0, 0.1) is 11.3 Å². The van der Waals surface area contributed by atoms with Gasteiger partial charge in [0.15, 0.2) is 0 Å². The number of anilines is 2. The molecule has 2 heterocycles. The van der Waals surface area contributed by atoms with Crippen LogP contribution < -0.4 is 10.2 Å². The molecule has 0 spiro atoms. The number of para-hydroxylation sites is 2. The minimum absolute atomic E-state index is 0.135. The normalized spacial score (nSPS) is 17.8. The Labute approximate surface area is 228 Å². The molecule has 39 heavy (non-hydrogen) atoms. The van der Waals surface area contributed by atoms with Gasteiger partial charge in [-0.15, -0.1) is 5.10 Å². The van der Waals surface area contributed by atoms with Gasteiger partial charge in [0.05, 0.1) is 11.0 Å². The Hall–Kier alpha value is -3.79. The zero-order chi connectivity index (χ0) is 27.4. The van der Waals surface area contributed by atoms with Crippen LogP contribution in [-0.4, -0.2) is 53.8 Å². The molecule has 10 heteroatoms. The highest BCUT2D eigenvalue weighted by atomic mass is 16.3. The standard InChI is InChI=1S/C29H38N8O2/c1-29(2,3)22-13-15-23(16-14-22)37(28-30-24-7-4-5-8-25(24)36(28)17-6-18-38)19-20-9-11-21(12-10-20)26(39)31-27-32-34-35-33-27/h4-5,7-12,22-23,38H,6,13-19H2,1-3H3,(H2,31,32,33,34,35,39). The molecule has 4 aromatic rings. The van der Waals surface area contributed by atoms with E-state index in [0.29, 0.717) is 42.4 Å². The van der Waals surface area contributed by atoms with Crippen LogP contribution in [0.5, 0.6) is 0 Å². The summed E-state index contributed by atoms with van der Waals surface area (Å²) >= 11 is 0. The Bertz CT molecular complexity index is 1370. The summed E-state index contributed by atoms with van der Waals surface area (Å²) in [6, 6.07) is 16.2. The lowest BCUT2D eigenvalue weighted by atomic mass is 9.71. The monoisotopic (exact) mass is 530 g/mol. The first kappa shape index (κ1) is 26.8. The van der Waals surface area contributed by atoms with E-state index in [0.717, 1.165) is 35.4 Å². The lowest BCUT2D eigenvalue weighted by Crippen LogP contribution is -2.41. The van der Waals surface area contributed by atoms with E-state index in [-0.39, 0.29) is 18.5 Å². The van der Waals surface area contributed by atoms with Crippen molar-refractivity contribution in [3.63, 3.8) is 0 Å². The van der Waals surface area contributed by atoms with Crippen LogP contribution in [0.15, 0.2) is 48.5 Å². The number of carbonyl (C=O) groups is 1. The Morgan fingerprint density at radius 2 is 1.85 bits per heavy atom. The summed E-state index contributed by atoms with van der Waals surface area (Å²) < 4.78 is 2.26. The predicted molar refractivity (Wildman–Crippen MR) is 151 cm³/mol. The molecule has 0 bridgehead atoms. The number of aliphatic hydroxyl groups excluding tert-OH is 1. The van der Waals surface area contributed by atoms with Gasteiger partial charge in [-0.1, -0.05) is 50.1 Å². The van der Waals surface area contributed by atoms with Crippen LogP contribution in [0.3, 0.4) is 0 Å². The number of fused-ring (bicyclic) bond motifs is 1. The molecule has 3 N–H and O–H groups in total. The fourth-order valence-corrected chi connectivity index (χ4v) is 5.69. The Kier molecular flexibility index (Phi) is 7.92. The van der Waals surface area contributed by atoms with Crippen LogP contribution in [-0.2, 0) is 13.1 Å². The van der Waals surface area contributed by atoms with Gasteiger partial charge in [0.1, 0.15) is 0 Å².